The molecule has 2 amide bonds. The molecule has 2 aromatic rings. The maximum Gasteiger partial charge on any atom is 0.241 e. The quantitative estimate of drug-likeness (QED) is 0.787. The third-order valence-corrected chi connectivity index (χ3v) is 4.47. The molecule has 1 N–H and O–H groups in total. The first kappa shape index (κ1) is 18.2. The summed E-state index contributed by atoms with van der Waals surface area (Å²) < 4.78 is 5.41. The van der Waals surface area contributed by atoms with Gasteiger partial charge >= 0.3 is 0 Å². The lowest BCUT2D eigenvalue weighted by Crippen LogP contribution is -2.42. The number of nitrogens with zero attached hydrogens (tertiary/aromatic N) is 2. The van der Waals surface area contributed by atoms with Crippen LogP contribution in [0.3, 0.4) is 0 Å². The largest absolute Gasteiger partial charge is 0.468 e. The Kier molecular flexibility index (Phi) is 6.44. The van der Waals surface area contributed by atoms with Crippen molar-refractivity contribution in [1.82, 2.24) is 15.1 Å². The predicted molar refractivity (Wildman–Crippen MR) is 98.1 cm³/mol. The molecule has 138 valence electrons. The minimum Gasteiger partial charge on any atom is -0.468 e. The monoisotopic (exact) mass is 355 g/mol. The third-order valence-electron chi connectivity index (χ3n) is 4.47. The van der Waals surface area contributed by atoms with Crippen LogP contribution in [-0.4, -0.2) is 47.8 Å². The Bertz CT molecular complexity index is 694. The van der Waals surface area contributed by atoms with E-state index in [1.165, 1.54) is 0 Å². The highest BCUT2D eigenvalue weighted by Gasteiger charge is 2.19. The van der Waals surface area contributed by atoms with Crippen LogP contribution in [0.25, 0.3) is 0 Å². The average molecular weight is 355 g/mol. The molecule has 0 unspecified atom stereocenters. The summed E-state index contributed by atoms with van der Waals surface area (Å²) in [6.45, 7) is 3.05. The van der Waals surface area contributed by atoms with Crippen molar-refractivity contribution in [2.45, 2.75) is 25.9 Å². The van der Waals surface area contributed by atoms with Crippen LogP contribution >= 0.6 is 0 Å². The minimum absolute atomic E-state index is 0.00325. The zero-order valence-electron chi connectivity index (χ0n) is 14.9. The normalized spacial score (nSPS) is 14.0. The Morgan fingerprint density at radius 3 is 2.50 bits per heavy atom. The topological polar surface area (TPSA) is 65.8 Å². The number of hydrogen-bond donors (Lipinski definition) is 1. The first-order valence-electron chi connectivity index (χ1n) is 9.04. The lowest BCUT2D eigenvalue weighted by molar-refractivity contribution is -0.132. The SMILES string of the molecule is O=C(CN(Cc1ccccc1)Cc1ccco1)NCC(=O)N1CCCC1. The second-order valence-corrected chi connectivity index (χ2v) is 6.57. The Morgan fingerprint density at radius 1 is 1.04 bits per heavy atom. The first-order valence-corrected chi connectivity index (χ1v) is 9.04. The van der Waals surface area contributed by atoms with Gasteiger partial charge in [0.25, 0.3) is 0 Å². The van der Waals surface area contributed by atoms with Gasteiger partial charge in [-0.15, -0.1) is 0 Å². The van der Waals surface area contributed by atoms with Crippen molar-refractivity contribution >= 4 is 11.8 Å². The summed E-state index contributed by atoms with van der Waals surface area (Å²) >= 11 is 0. The van der Waals surface area contributed by atoms with Gasteiger partial charge in [0.2, 0.25) is 11.8 Å². The highest BCUT2D eigenvalue weighted by atomic mass is 16.3. The molecule has 2 heterocycles. The molecule has 3 rings (SSSR count). The summed E-state index contributed by atoms with van der Waals surface area (Å²) in [7, 11) is 0. The molecule has 6 heteroatoms. The van der Waals surface area contributed by atoms with Gasteiger partial charge in [0.05, 0.1) is 25.9 Å². The van der Waals surface area contributed by atoms with Gasteiger partial charge in [-0.05, 0) is 30.5 Å². The smallest absolute Gasteiger partial charge is 0.241 e. The van der Waals surface area contributed by atoms with Crippen molar-refractivity contribution in [3.8, 4) is 0 Å². The van der Waals surface area contributed by atoms with Gasteiger partial charge in [0.1, 0.15) is 5.76 Å². The summed E-state index contributed by atoms with van der Waals surface area (Å²) in [6, 6.07) is 13.7. The lowest BCUT2D eigenvalue weighted by Gasteiger charge is -2.21. The molecule has 0 spiro atoms. The number of carbonyl (C=O) groups excluding carboxylic acids is 2. The fourth-order valence-electron chi connectivity index (χ4n) is 3.14. The van der Waals surface area contributed by atoms with Crippen molar-refractivity contribution < 1.29 is 14.0 Å². The van der Waals surface area contributed by atoms with E-state index in [4.69, 9.17) is 4.42 Å². The summed E-state index contributed by atoms with van der Waals surface area (Å²) in [5, 5.41) is 2.75. The Hall–Kier alpha value is -2.60. The molecule has 0 atom stereocenters. The van der Waals surface area contributed by atoms with Crippen LogP contribution in [0.4, 0.5) is 0 Å². The van der Waals surface area contributed by atoms with Crippen molar-refractivity contribution in [2.75, 3.05) is 26.2 Å². The molecule has 26 heavy (non-hydrogen) atoms. The maximum absolute atomic E-state index is 12.3. The van der Waals surface area contributed by atoms with Crippen LogP contribution in [0.15, 0.2) is 53.1 Å². The molecule has 6 nitrogen and oxygen atoms in total. The molecule has 1 aliphatic heterocycles. The molecule has 1 aliphatic rings. The number of rotatable bonds is 8. The third kappa shape index (κ3) is 5.46. The second-order valence-electron chi connectivity index (χ2n) is 6.57. The van der Waals surface area contributed by atoms with Crippen LogP contribution in [0.5, 0.6) is 0 Å². The molecule has 1 fully saturated rings. The minimum atomic E-state index is -0.153. The van der Waals surface area contributed by atoms with E-state index in [1.807, 2.05) is 52.3 Å². The number of hydrogen-bond acceptors (Lipinski definition) is 4. The number of amides is 2. The number of likely N-dealkylation sites (tertiary alicyclic amines) is 1. The van der Waals surface area contributed by atoms with Gasteiger partial charge < -0.3 is 14.6 Å². The zero-order valence-corrected chi connectivity index (χ0v) is 14.9. The Balaban J connectivity index is 1.53. The highest BCUT2D eigenvalue weighted by molar-refractivity contribution is 5.85. The Morgan fingerprint density at radius 2 is 1.81 bits per heavy atom. The van der Waals surface area contributed by atoms with E-state index in [1.54, 1.807) is 6.26 Å². The van der Waals surface area contributed by atoms with Gasteiger partial charge in [-0.2, -0.15) is 0 Å². The molecule has 0 aliphatic carbocycles. The molecule has 1 aromatic carbocycles. The molecular weight excluding hydrogens is 330 g/mol. The van der Waals surface area contributed by atoms with Crippen LogP contribution in [0.1, 0.15) is 24.2 Å². The van der Waals surface area contributed by atoms with Gasteiger partial charge in [-0.3, -0.25) is 14.5 Å². The van der Waals surface area contributed by atoms with E-state index in [0.29, 0.717) is 13.1 Å². The summed E-state index contributed by atoms with van der Waals surface area (Å²) in [6.07, 6.45) is 3.73. The van der Waals surface area contributed by atoms with Crippen molar-refractivity contribution in [3.05, 3.63) is 60.1 Å². The van der Waals surface area contributed by atoms with Crippen molar-refractivity contribution in [2.24, 2.45) is 0 Å². The van der Waals surface area contributed by atoms with E-state index in [9.17, 15) is 9.59 Å². The lowest BCUT2D eigenvalue weighted by atomic mass is 10.2. The average Bonchev–Trinajstić information content (AvgIpc) is 3.34. The first-order chi connectivity index (χ1) is 12.7. The standard InChI is InChI=1S/C20H25N3O3/c24-19(21-13-20(25)23-10-4-5-11-23)16-22(15-18-9-6-12-26-18)14-17-7-2-1-3-8-17/h1-3,6-9,12H,4-5,10-11,13-16H2,(H,21,24). The van der Waals surface area contributed by atoms with E-state index in [0.717, 1.165) is 37.3 Å². The van der Waals surface area contributed by atoms with Crippen LogP contribution in [0, 0.1) is 0 Å². The van der Waals surface area contributed by atoms with E-state index in [-0.39, 0.29) is 24.9 Å². The number of carbonyl (C=O) groups is 2. The number of furan rings is 1. The maximum atomic E-state index is 12.3. The van der Waals surface area contributed by atoms with Crippen molar-refractivity contribution in [3.63, 3.8) is 0 Å². The van der Waals surface area contributed by atoms with Crippen LogP contribution in [0.2, 0.25) is 0 Å². The van der Waals surface area contributed by atoms with Gasteiger partial charge in [-0.25, -0.2) is 0 Å². The second kappa shape index (κ2) is 9.20. The number of nitrogens with one attached hydrogen (secondary N) is 1. The fourth-order valence-corrected chi connectivity index (χ4v) is 3.14. The predicted octanol–water partition coefficient (Wildman–Crippen LogP) is 2.02. The molecule has 1 aromatic heterocycles. The summed E-state index contributed by atoms with van der Waals surface area (Å²) in [5.41, 5.74) is 1.12. The zero-order chi connectivity index (χ0) is 18.2. The van der Waals surface area contributed by atoms with Crippen molar-refractivity contribution in [1.29, 1.82) is 0 Å². The Labute approximate surface area is 153 Å². The highest BCUT2D eigenvalue weighted by Crippen LogP contribution is 2.10. The number of benzene rings is 1. The van der Waals surface area contributed by atoms with Crippen LogP contribution < -0.4 is 5.32 Å². The molecule has 1 saturated heterocycles. The van der Waals surface area contributed by atoms with E-state index in [2.05, 4.69) is 5.32 Å². The molecule has 0 radical (unpaired) electrons. The summed E-state index contributed by atoms with van der Waals surface area (Å²) in [5.74, 6) is 0.651. The van der Waals surface area contributed by atoms with E-state index >= 15 is 0 Å². The molecule has 0 bridgehead atoms. The van der Waals surface area contributed by atoms with Gasteiger partial charge in [-0.1, -0.05) is 30.3 Å². The van der Waals surface area contributed by atoms with Gasteiger partial charge in [0.15, 0.2) is 0 Å². The van der Waals surface area contributed by atoms with Gasteiger partial charge in [0, 0.05) is 19.6 Å². The van der Waals surface area contributed by atoms with Crippen LogP contribution in [-0.2, 0) is 22.7 Å². The summed E-state index contributed by atoms with van der Waals surface area (Å²) in [4.78, 5) is 28.2. The molecule has 0 saturated carbocycles. The molecular formula is C20H25N3O3. The van der Waals surface area contributed by atoms with E-state index < -0.39 is 0 Å². The fraction of sp³-hybridized carbons (Fsp3) is 0.400.